The molecular weight excluding hydrogens is 486 g/mol. The van der Waals surface area contributed by atoms with Gasteiger partial charge in [-0.1, -0.05) is 84.0 Å². The van der Waals surface area contributed by atoms with E-state index in [1.54, 1.807) is 6.34 Å². The molecule has 0 radical (unpaired) electrons. The van der Waals surface area contributed by atoms with Crippen LogP contribution in [-0.4, -0.2) is 34.5 Å². The quantitative estimate of drug-likeness (QED) is 0.324. The van der Waals surface area contributed by atoms with Crippen LogP contribution in [-0.2, 0) is 17.9 Å². The van der Waals surface area contributed by atoms with Crippen molar-refractivity contribution in [3.8, 4) is 11.3 Å². The Balaban J connectivity index is 0.00000320. The van der Waals surface area contributed by atoms with E-state index in [0.29, 0.717) is 13.1 Å². The second-order valence-corrected chi connectivity index (χ2v) is 8.77. The minimum atomic E-state index is -0.406. The summed E-state index contributed by atoms with van der Waals surface area (Å²) in [5.74, 6) is -0.354. The Hall–Kier alpha value is -4.01. The number of halogens is 1. The van der Waals surface area contributed by atoms with Gasteiger partial charge >= 0.3 is 6.29 Å². The summed E-state index contributed by atoms with van der Waals surface area (Å²) in [4.78, 5) is 13.4. The molecule has 0 saturated heterocycles. The summed E-state index contributed by atoms with van der Waals surface area (Å²) in [6.45, 7) is 4.03. The highest BCUT2D eigenvalue weighted by Gasteiger charge is 2.34. The number of hydrogen-bond acceptors (Lipinski definition) is 5. The molecule has 8 nitrogen and oxygen atoms in total. The van der Waals surface area contributed by atoms with Crippen molar-refractivity contribution in [2.24, 2.45) is 21.1 Å². The van der Waals surface area contributed by atoms with Crippen molar-refractivity contribution in [3.63, 3.8) is 0 Å². The third-order valence-corrected chi connectivity index (χ3v) is 6.40. The van der Waals surface area contributed by atoms with E-state index >= 15 is 0 Å². The molecule has 1 aliphatic heterocycles. The molecule has 9 heteroatoms. The molecule has 1 aromatic heterocycles. The highest BCUT2D eigenvalue weighted by Crippen LogP contribution is 2.40. The van der Waals surface area contributed by atoms with Crippen molar-refractivity contribution in [2.45, 2.75) is 32.7 Å². The topological polar surface area (TPSA) is 92.8 Å². The van der Waals surface area contributed by atoms with Gasteiger partial charge in [-0.25, -0.2) is 0 Å². The van der Waals surface area contributed by atoms with E-state index < -0.39 is 6.29 Å². The number of aromatic nitrogens is 1. The van der Waals surface area contributed by atoms with Crippen LogP contribution in [0.1, 0.15) is 18.9 Å². The molecule has 37 heavy (non-hydrogen) atoms. The van der Waals surface area contributed by atoms with Crippen molar-refractivity contribution in [2.75, 3.05) is 6.54 Å². The standard InChI is InChI=1S/C28H29N7O.ClH/c1-2-34-24-16-10-9-15-23(24)26(27(34)22-13-7-4-8-14-22)31-32-28-33(18-17-25(29)36)20-30-35(28)19-21-11-5-3-6-12-21;/h3-16,20,28H,2,17-19H2,1H3,(H2,29,36);1H. The number of nitrogens with zero attached hydrogens (tertiary/aromatic N) is 5. The summed E-state index contributed by atoms with van der Waals surface area (Å²) >= 11 is 0. The van der Waals surface area contributed by atoms with E-state index in [-0.39, 0.29) is 24.7 Å². The molecule has 0 saturated carbocycles. The van der Waals surface area contributed by atoms with E-state index in [1.165, 1.54) is 0 Å². The molecule has 1 aliphatic rings. The van der Waals surface area contributed by atoms with Gasteiger partial charge in [0, 0.05) is 36.0 Å². The second-order valence-electron chi connectivity index (χ2n) is 8.77. The van der Waals surface area contributed by atoms with Gasteiger partial charge in [-0.2, -0.15) is 5.01 Å². The first-order valence-electron chi connectivity index (χ1n) is 12.2. The van der Waals surface area contributed by atoms with E-state index in [1.807, 2.05) is 53.4 Å². The molecule has 0 spiro atoms. The lowest BCUT2D eigenvalue weighted by Gasteiger charge is -2.21. The maximum absolute atomic E-state index is 11.5. The normalized spacial score (nSPS) is 16.9. The summed E-state index contributed by atoms with van der Waals surface area (Å²) in [5.41, 5.74) is 10.7. The summed E-state index contributed by atoms with van der Waals surface area (Å²) < 4.78 is 2.28. The third-order valence-electron chi connectivity index (χ3n) is 6.40. The fourth-order valence-corrected chi connectivity index (χ4v) is 4.68. The number of amides is 1. The van der Waals surface area contributed by atoms with Crippen molar-refractivity contribution >= 4 is 28.8 Å². The van der Waals surface area contributed by atoms with Gasteiger partial charge in [0.05, 0.1) is 11.2 Å². The number of quaternary nitrogens is 1. The van der Waals surface area contributed by atoms with Crippen LogP contribution >= 0.6 is 0 Å². The molecule has 0 aliphatic carbocycles. The molecule has 0 fully saturated rings. The predicted molar refractivity (Wildman–Crippen MR) is 141 cm³/mol. The molecule has 2 atom stereocenters. The number of carbonyl (C=O) groups excluding carboxylic acids is 1. The van der Waals surface area contributed by atoms with Crippen LogP contribution in [0.15, 0.2) is 100 Å². The largest absolute Gasteiger partial charge is 1.00 e. The maximum Gasteiger partial charge on any atom is 0.305 e. The summed E-state index contributed by atoms with van der Waals surface area (Å²) in [6.07, 6.45) is 1.57. The fourth-order valence-electron chi connectivity index (χ4n) is 4.68. The van der Waals surface area contributed by atoms with Crippen LogP contribution in [0.2, 0.25) is 0 Å². The summed E-state index contributed by atoms with van der Waals surface area (Å²) in [6, 6.07) is 28.8. The number of rotatable bonds is 9. The Morgan fingerprint density at radius 2 is 1.68 bits per heavy atom. The fraction of sp³-hybridized carbons (Fsp3) is 0.214. The minimum absolute atomic E-state index is 0. The molecule has 2 heterocycles. The lowest BCUT2D eigenvalue weighted by molar-refractivity contribution is -0.947. The van der Waals surface area contributed by atoms with E-state index in [0.717, 1.165) is 45.0 Å². The third kappa shape index (κ3) is 5.55. The molecule has 5 rings (SSSR count). The van der Waals surface area contributed by atoms with Crippen molar-refractivity contribution < 1.29 is 22.2 Å². The molecule has 4 aromatic rings. The average molecular weight is 516 g/mol. The van der Waals surface area contributed by atoms with Gasteiger partial charge < -0.3 is 22.7 Å². The van der Waals surface area contributed by atoms with Gasteiger partial charge in [-0.05, 0) is 13.0 Å². The Bertz CT molecular complexity index is 1400. The summed E-state index contributed by atoms with van der Waals surface area (Å²) in [5, 5.41) is 16.3. The number of primary amides is 1. The highest BCUT2D eigenvalue weighted by molar-refractivity contribution is 6.00. The SMILES string of the molecule is CCn1c(-c2ccccc2)c(N=NC2N(CCC(N)=O)C=N[NH+]2Cc2ccccc2)c2ccccc21.[Cl-]. The molecule has 1 amide bonds. The number of benzene rings is 3. The number of carbonyl (C=O) groups is 1. The number of azo groups is 1. The predicted octanol–water partition coefficient (Wildman–Crippen LogP) is 0.919. The van der Waals surface area contributed by atoms with Gasteiger partial charge in [0.25, 0.3) is 0 Å². The van der Waals surface area contributed by atoms with Crippen LogP contribution in [0.25, 0.3) is 22.2 Å². The van der Waals surface area contributed by atoms with Crippen molar-refractivity contribution in [1.29, 1.82) is 0 Å². The zero-order valence-corrected chi connectivity index (χ0v) is 21.4. The number of aryl methyl sites for hydroxylation is 1. The monoisotopic (exact) mass is 515 g/mol. The second kappa shape index (κ2) is 11.8. The van der Waals surface area contributed by atoms with Gasteiger partial charge in [0.2, 0.25) is 5.91 Å². The van der Waals surface area contributed by atoms with Gasteiger partial charge in [-0.15, -0.1) is 10.2 Å². The van der Waals surface area contributed by atoms with E-state index in [9.17, 15) is 4.79 Å². The van der Waals surface area contributed by atoms with E-state index in [4.69, 9.17) is 16.0 Å². The van der Waals surface area contributed by atoms with E-state index in [2.05, 4.69) is 53.0 Å². The highest BCUT2D eigenvalue weighted by atomic mass is 35.5. The Kier molecular flexibility index (Phi) is 8.32. The van der Waals surface area contributed by atoms with Crippen molar-refractivity contribution in [1.82, 2.24) is 9.47 Å². The first-order chi connectivity index (χ1) is 17.7. The molecule has 2 unspecified atom stereocenters. The molecular formula is C28H30ClN7O. The van der Waals surface area contributed by atoms with Crippen LogP contribution < -0.4 is 23.1 Å². The molecule has 190 valence electrons. The lowest BCUT2D eigenvalue weighted by Crippen LogP contribution is -3.09. The van der Waals surface area contributed by atoms with Crippen LogP contribution in [0.5, 0.6) is 0 Å². The van der Waals surface area contributed by atoms with Crippen molar-refractivity contribution in [3.05, 3.63) is 90.5 Å². The smallest absolute Gasteiger partial charge is 0.305 e. The zero-order valence-electron chi connectivity index (χ0n) is 20.7. The van der Waals surface area contributed by atoms with Crippen LogP contribution in [0.4, 0.5) is 5.69 Å². The van der Waals surface area contributed by atoms with Crippen LogP contribution in [0.3, 0.4) is 0 Å². The maximum atomic E-state index is 11.5. The first-order valence-corrected chi connectivity index (χ1v) is 12.2. The number of para-hydroxylation sites is 1. The number of nitrogens with one attached hydrogen (secondary N) is 1. The Labute approximate surface area is 222 Å². The summed E-state index contributed by atoms with van der Waals surface area (Å²) in [7, 11) is 0. The minimum Gasteiger partial charge on any atom is -1.00 e. The van der Waals surface area contributed by atoms with Gasteiger partial charge in [0.15, 0.2) is 6.34 Å². The molecule has 0 bridgehead atoms. The number of fused-ring (bicyclic) bond motifs is 1. The Morgan fingerprint density at radius 3 is 2.38 bits per heavy atom. The Morgan fingerprint density at radius 1 is 1.00 bits per heavy atom. The molecule has 3 aromatic carbocycles. The zero-order chi connectivity index (χ0) is 24.9. The lowest BCUT2D eigenvalue weighted by atomic mass is 10.1. The molecule has 3 N–H and O–H groups in total. The number of hydrogen-bond donors (Lipinski definition) is 2. The van der Waals surface area contributed by atoms with Crippen LogP contribution in [0, 0.1) is 0 Å². The number of nitrogens with two attached hydrogens (primary N) is 1. The van der Waals surface area contributed by atoms with Gasteiger partial charge in [-0.3, -0.25) is 9.69 Å². The average Bonchev–Trinajstić information content (AvgIpc) is 3.44. The van der Waals surface area contributed by atoms with Gasteiger partial charge in [0.1, 0.15) is 12.2 Å². The first kappa shape index (κ1) is 26.1.